The van der Waals surface area contributed by atoms with Gasteiger partial charge in [0.05, 0.1) is 18.8 Å². The second-order valence-electron chi connectivity index (χ2n) is 6.04. The molecule has 1 aromatic heterocycles. The van der Waals surface area contributed by atoms with Crippen molar-refractivity contribution < 1.29 is 9.32 Å². The minimum absolute atomic E-state index is 0.0247. The Kier molecular flexibility index (Phi) is 5.65. The Morgan fingerprint density at radius 3 is 2.50 bits per heavy atom. The maximum atomic E-state index is 12.1. The molecule has 24 heavy (non-hydrogen) atoms. The summed E-state index contributed by atoms with van der Waals surface area (Å²) < 4.78 is 6.26. The van der Waals surface area contributed by atoms with Crippen LogP contribution >= 0.6 is 15.9 Å². The third kappa shape index (κ3) is 4.90. The number of amides is 1. The molecule has 0 radical (unpaired) electrons. The lowest BCUT2D eigenvalue weighted by atomic mass is 10.2. The number of piperazine rings is 1. The zero-order valence-electron chi connectivity index (χ0n) is 13.7. The number of nitrogens with zero attached hydrogens (tertiary/aromatic N) is 3. The van der Waals surface area contributed by atoms with Gasteiger partial charge in [0, 0.05) is 42.4 Å². The molecule has 1 amide bonds. The van der Waals surface area contributed by atoms with E-state index in [-0.39, 0.29) is 5.91 Å². The minimum atomic E-state index is 0.0247. The molecule has 7 heteroatoms. The fourth-order valence-corrected chi connectivity index (χ4v) is 3.02. The summed E-state index contributed by atoms with van der Waals surface area (Å²) in [5, 5.41) is 6.85. The smallest absolute Gasteiger partial charge is 0.238 e. The summed E-state index contributed by atoms with van der Waals surface area (Å²) in [6, 6.07) is 9.58. The predicted octanol–water partition coefficient (Wildman–Crippen LogP) is 2.50. The average molecular weight is 393 g/mol. The van der Waals surface area contributed by atoms with Gasteiger partial charge in [-0.1, -0.05) is 21.1 Å². The van der Waals surface area contributed by atoms with E-state index in [1.54, 1.807) is 0 Å². The van der Waals surface area contributed by atoms with Crippen molar-refractivity contribution in [3.8, 4) is 0 Å². The lowest BCUT2D eigenvalue weighted by Gasteiger charge is -2.33. The van der Waals surface area contributed by atoms with Crippen LogP contribution in [0.25, 0.3) is 0 Å². The number of rotatable bonds is 5. The second-order valence-corrected chi connectivity index (χ2v) is 6.96. The summed E-state index contributed by atoms with van der Waals surface area (Å²) in [7, 11) is 0. The van der Waals surface area contributed by atoms with Crippen LogP contribution in [0.15, 0.2) is 39.3 Å². The van der Waals surface area contributed by atoms with E-state index in [1.807, 2.05) is 37.3 Å². The van der Waals surface area contributed by atoms with E-state index in [0.717, 1.165) is 54.3 Å². The van der Waals surface area contributed by atoms with Gasteiger partial charge in [-0.3, -0.25) is 14.6 Å². The molecular formula is C17H21BrN4O2. The number of carbonyl (C=O) groups is 1. The Morgan fingerprint density at radius 2 is 1.88 bits per heavy atom. The first-order valence-electron chi connectivity index (χ1n) is 8.01. The molecule has 2 heterocycles. The number of benzene rings is 1. The molecule has 1 fully saturated rings. The highest BCUT2D eigenvalue weighted by Gasteiger charge is 2.20. The topological polar surface area (TPSA) is 61.6 Å². The van der Waals surface area contributed by atoms with Gasteiger partial charge < -0.3 is 9.84 Å². The molecule has 0 unspecified atom stereocenters. The molecule has 2 aromatic rings. The van der Waals surface area contributed by atoms with Crippen molar-refractivity contribution in [3.05, 3.63) is 46.3 Å². The van der Waals surface area contributed by atoms with E-state index in [9.17, 15) is 4.79 Å². The summed E-state index contributed by atoms with van der Waals surface area (Å²) in [6.07, 6.45) is 0. The molecule has 6 nitrogen and oxygen atoms in total. The largest absolute Gasteiger partial charge is 0.360 e. The molecule has 0 aliphatic carbocycles. The first-order chi connectivity index (χ1) is 11.6. The van der Waals surface area contributed by atoms with Gasteiger partial charge in [0.1, 0.15) is 0 Å². The van der Waals surface area contributed by atoms with Crippen LogP contribution in [0.1, 0.15) is 11.5 Å². The third-order valence-corrected chi connectivity index (χ3v) is 4.54. The first-order valence-corrected chi connectivity index (χ1v) is 8.80. The molecule has 0 saturated carbocycles. The summed E-state index contributed by atoms with van der Waals surface area (Å²) >= 11 is 3.39. The number of hydrogen-bond acceptors (Lipinski definition) is 5. The first kappa shape index (κ1) is 17.1. The summed E-state index contributed by atoms with van der Waals surface area (Å²) in [6.45, 7) is 6.72. The van der Waals surface area contributed by atoms with Gasteiger partial charge in [0.25, 0.3) is 0 Å². The molecule has 1 aliphatic rings. The average Bonchev–Trinajstić information content (AvgIpc) is 2.96. The number of halogens is 1. The van der Waals surface area contributed by atoms with Crippen LogP contribution in [0, 0.1) is 6.92 Å². The lowest BCUT2D eigenvalue weighted by molar-refractivity contribution is -0.117. The van der Waals surface area contributed by atoms with Crippen molar-refractivity contribution in [2.75, 3.05) is 38.0 Å². The zero-order chi connectivity index (χ0) is 16.9. The van der Waals surface area contributed by atoms with Crippen molar-refractivity contribution in [3.63, 3.8) is 0 Å². The van der Waals surface area contributed by atoms with Gasteiger partial charge >= 0.3 is 0 Å². The third-order valence-electron chi connectivity index (χ3n) is 4.02. The second kappa shape index (κ2) is 7.92. The van der Waals surface area contributed by atoms with Crippen molar-refractivity contribution in [1.29, 1.82) is 0 Å². The molecule has 1 aliphatic heterocycles. The molecule has 3 rings (SSSR count). The van der Waals surface area contributed by atoms with E-state index in [2.05, 4.69) is 36.2 Å². The molecule has 0 spiro atoms. The van der Waals surface area contributed by atoms with E-state index >= 15 is 0 Å². The molecule has 128 valence electrons. The van der Waals surface area contributed by atoms with Crippen LogP contribution in [0.2, 0.25) is 0 Å². The molecule has 0 atom stereocenters. The van der Waals surface area contributed by atoms with Gasteiger partial charge in [-0.05, 0) is 31.2 Å². The Hall–Kier alpha value is -1.70. The molecule has 1 saturated heterocycles. The number of anilines is 1. The van der Waals surface area contributed by atoms with Crippen molar-refractivity contribution in [2.45, 2.75) is 13.5 Å². The quantitative estimate of drug-likeness (QED) is 0.846. The van der Waals surface area contributed by atoms with Crippen molar-refractivity contribution in [2.24, 2.45) is 0 Å². The van der Waals surface area contributed by atoms with Gasteiger partial charge in [0.15, 0.2) is 5.76 Å². The number of carbonyl (C=O) groups excluding carboxylic acids is 1. The van der Waals surface area contributed by atoms with Crippen LogP contribution in [-0.2, 0) is 11.3 Å². The fourth-order valence-electron chi connectivity index (χ4n) is 2.75. The molecule has 1 aromatic carbocycles. The van der Waals surface area contributed by atoms with E-state index < -0.39 is 0 Å². The Bertz CT molecular complexity index is 678. The van der Waals surface area contributed by atoms with Crippen molar-refractivity contribution >= 4 is 27.5 Å². The SMILES string of the molecule is Cc1cc(CN2CCN(CC(=O)Nc3ccc(Br)cc3)CC2)on1. The maximum absolute atomic E-state index is 12.1. The lowest BCUT2D eigenvalue weighted by Crippen LogP contribution is -2.48. The molecule has 1 N–H and O–H groups in total. The number of nitrogens with one attached hydrogen (secondary N) is 1. The molecule has 0 bridgehead atoms. The fraction of sp³-hybridized carbons (Fsp3) is 0.412. The number of hydrogen-bond donors (Lipinski definition) is 1. The Morgan fingerprint density at radius 1 is 1.21 bits per heavy atom. The maximum Gasteiger partial charge on any atom is 0.238 e. The standard InChI is InChI=1S/C17H21BrN4O2/c1-13-10-16(24-20-13)11-21-6-8-22(9-7-21)12-17(23)19-15-4-2-14(18)3-5-15/h2-5,10H,6-9,11-12H2,1H3,(H,19,23). The highest BCUT2D eigenvalue weighted by atomic mass is 79.9. The minimum Gasteiger partial charge on any atom is -0.360 e. The number of aryl methyl sites for hydroxylation is 1. The van der Waals surface area contributed by atoms with E-state index in [4.69, 9.17) is 4.52 Å². The van der Waals surface area contributed by atoms with Crippen LogP contribution in [0.5, 0.6) is 0 Å². The van der Waals surface area contributed by atoms with E-state index in [1.165, 1.54) is 0 Å². The van der Waals surface area contributed by atoms with Gasteiger partial charge in [0.2, 0.25) is 5.91 Å². The summed E-state index contributed by atoms with van der Waals surface area (Å²) in [5.41, 5.74) is 1.73. The van der Waals surface area contributed by atoms with Crippen LogP contribution in [0.3, 0.4) is 0 Å². The highest BCUT2D eigenvalue weighted by molar-refractivity contribution is 9.10. The van der Waals surface area contributed by atoms with Gasteiger partial charge in [-0.2, -0.15) is 0 Å². The van der Waals surface area contributed by atoms with Crippen molar-refractivity contribution in [1.82, 2.24) is 15.0 Å². The monoisotopic (exact) mass is 392 g/mol. The van der Waals surface area contributed by atoms with Crippen LogP contribution in [0.4, 0.5) is 5.69 Å². The highest BCUT2D eigenvalue weighted by Crippen LogP contribution is 2.14. The van der Waals surface area contributed by atoms with Gasteiger partial charge in [-0.15, -0.1) is 0 Å². The van der Waals surface area contributed by atoms with E-state index in [0.29, 0.717) is 6.54 Å². The zero-order valence-corrected chi connectivity index (χ0v) is 15.3. The van der Waals surface area contributed by atoms with Gasteiger partial charge in [-0.25, -0.2) is 0 Å². The number of aromatic nitrogens is 1. The Balaban J connectivity index is 1.41. The predicted molar refractivity (Wildman–Crippen MR) is 95.7 cm³/mol. The summed E-state index contributed by atoms with van der Waals surface area (Å²) in [4.78, 5) is 16.6. The summed E-state index contributed by atoms with van der Waals surface area (Å²) in [5.74, 6) is 0.922. The normalized spacial score (nSPS) is 16.2. The Labute approximate surface area is 149 Å². The van der Waals surface area contributed by atoms with Crippen LogP contribution in [-0.4, -0.2) is 53.6 Å². The molecular weight excluding hydrogens is 372 g/mol. The van der Waals surface area contributed by atoms with Crippen LogP contribution < -0.4 is 5.32 Å².